The maximum absolute atomic E-state index is 12.3. The quantitative estimate of drug-likeness (QED) is 0.349. The minimum Gasteiger partial charge on any atom is -0.495 e. The first-order valence-corrected chi connectivity index (χ1v) is 13.2. The van der Waals surface area contributed by atoms with Gasteiger partial charge in [-0.05, 0) is 33.6 Å². The molecule has 1 N–H and O–H groups in total. The number of aromatic nitrogens is 4. The second kappa shape index (κ2) is 12.2. The highest BCUT2D eigenvalue weighted by Crippen LogP contribution is 2.40. The third kappa shape index (κ3) is 7.15. The van der Waals surface area contributed by atoms with E-state index >= 15 is 0 Å². The molecule has 0 spiro atoms. The number of anilines is 2. The first-order chi connectivity index (χ1) is 18.6. The third-order valence-corrected chi connectivity index (χ3v) is 6.85. The predicted octanol–water partition coefficient (Wildman–Crippen LogP) is 5.89. The van der Waals surface area contributed by atoms with Gasteiger partial charge in [0.25, 0.3) is 0 Å². The molecule has 1 aliphatic heterocycles. The zero-order chi connectivity index (χ0) is 28.2. The van der Waals surface area contributed by atoms with Gasteiger partial charge in [0.1, 0.15) is 23.7 Å². The number of piperidine rings is 1. The van der Waals surface area contributed by atoms with Crippen molar-refractivity contribution in [2.75, 3.05) is 32.6 Å². The summed E-state index contributed by atoms with van der Waals surface area (Å²) in [5.74, 6) is 1.69. The predicted molar refractivity (Wildman–Crippen MR) is 148 cm³/mol. The molecule has 1 fully saturated rings. The van der Waals surface area contributed by atoms with Crippen molar-refractivity contribution in [3.63, 3.8) is 0 Å². The summed E-state index contributed by atoms with van der Waals surface area (Å²) in [6.45, 7) is 6.91. The van der Waals surface area contributed by atoms with E-state index in [9.17, 15) is 4.79 Å². The van der Waals surface area contributed by atoms with E-state index in [1.54, 1.807) is 29.6 Å². The average molecular weight is 579 g/mol. The fraction of sp³-hybridized carbons (Fsp3) is 0.462. The van der Waals surface area contributed by atoms with Gasteiger partial charge in [0.2, 0.25) is 5.95 Å². The number of nitrogens with one attached hydrogen (secondary N) is 1. The van der Waals surface area contributed by atoms with Gasteiger partial charge in [-0.15, -0.1) is 0 Å². The summed E-state index contributed by atoms with van der Waals surface area (Å²) < 4.78 is 23.8. The van der Waals surface area contributed by atoms with Crippen LogP contribution >= 0.6 is 23.2 Å². The lowest BCUT2D eigenvalue weighted by Gasteiger charge is -2.33. The van der Waals surface area contributed by atoms with Crippen LogP contribution in [0.2, 0.25) is 10.0 Å². The van der Waals surface area contributed by atoms with Crippen molar-refractivity contribution in [2.24, 2.45) is 0 Å². The number of likely N-dealkylation sites (tertiary alicyclic amines) is 1. The highest BCUT2D eigenvalue weighted by molar-refractivity contribution is 6.37. The van der Waals surface area contributed by atoms with Crippen LogP contribution < -0.4 is 19.5 Å². The van der Waals surface area contributed by atoms with E-state index in [1.807, 2.05) is 31.6 Å². The van der Waals surface area contributed by atoms with E-state index in [4.69, 9.17) is 42.1 Å². The minimum atomic E-state index is -0.505. The molecule has 13 heteroatoms. The van der Waals surface area contributed by atoms with Crippen molar-refractivity contribution < 1.29 is 23.7 Å². The molecule has 1 aromatic carbocycles. The summed E-state index contributed by atoms with van der Waals surface area (Å²) in [5.41, 5.74) is 0.774. The molecule has 2 aromatic heterocycles. The monoisotopic (exact) mass is 578 g/mol. The smallest absolute Gasteiger partial charge is 0.410 e. The molecule has 210 valence electrons. The van der Waals surface area contributed by atoms with Crippen molar-refractivity contribution in [2.45, 2.75) is 51.9 Å². The van der Waals surface area contributed by atoms with E-state index in [1.165, 1.54) is 14.2 Å². The number of methoxy groups -OCH3 is 2. The van der Waals surface area contributed by atoms with Gasteiger partial charge in [0.05, 0.1) is 54.6 Å². The molecule has 11 nitrogen and oxygen atoms in total. The number of amides is 1. The average Bonchev–Trinajstić information content (AvgIpc) is 3.37. The lowest BCUT2D eigenvalue weighted by molar-refractivity contribution is 0.0185. The molecule has 3 aromatic rings. The van der Waals surface area contributed by atoms with Crippen molar-refractivity contribution >= 4 is 40.9 Å². The fourth-order valence-corrected chi connectivity index (χ4v) is 4.65. The second-order valence-electron chi connectivity index (χ2n) is 9.95. The Morgan fingerprint density at radius 2 is 1.67 bits per heavy atom. The molecule has 3 heterocycles. The molecule has 4 rings (SSSR count). The van der Waals surface area contributed by atoms with Crippen LogP contribution in [-0.4, -0.2) is 63.7 Å². The highest BCUT2D eigenvalue weighted by Gasteiger charge is 2.28. The Morgan fingerprint density at radius 1 is 1.05 bits per heavy atom. The Balaban J connectivity index is 1.31. The van der Waals surface area contributed by atoms with Crippen molar-refractivity contribution in [1.82, 2.24) is 24.6 Å². The van der Waals surface area contributed by atoms with E-state index in [-0.39, 0.29) is 18.7 Å². The van der Waals surface area contributed by atoms with Crippen LogP contribution in [0.5, 0.6) is 17.2 Å². The molecule has 0 bridgehead atoms. The van der Waals surface area contributed by atoms with Crippen LogP contribution in [-0.2, 0) is 11.3 Å². The number of nitrogens with zero attached hydrogens (tertiary/aromatic N) is 5. The van der Waals surface area contributed by atoms with E-state index in [0.717, 1.165) is 18.5 Å². The molecular weight excluding hydrogens is 547 g/mol. The van der Waals surface area contributed by atoms with Gasteiger partial charge in [0.15, 0.2) is 5.75 Å². The summed E-state index contributed by atoms with van der Waals surface area (Å²) in [4.78, 5) is 22.7. The highest BCUT2D eigenvalue weighted by atomic mass is 35.5. The Morgan fingerprint density at radius 3 is 2.23 bits per heavy atom. The standard InChI is InChI=1S/C26H32Cl2N6O5/c1-26(2,3)39-25(35)33-8-6-17(7-9-33)34-14-16(11-31-34)32-24-29-12-18(13-30-24)38-15-19-22(27)20(36-4)10-21(37-5)23(19)28/h10-14,17H,6-9,15H2,1-5H3,(H,29,30,32). The maximum Gasteiger partial charge on any atom is 0.410 e. The lowest BCUT2D eigenvalue weighted by Crippen LogP contribution is -2.42. The van der Waals surface area contributed by atoms with Crippen LogP contribution in [0.25, 0.3) is 0 Å². The largest absolute Gasteiger partial charge is 0.495 e. The number of ether oxygens (including phenoxy) is 4. The lowest BCUT2D eigenvalue weighted by atomic mass is 10.1. The molecule has 1 aliphatic rings. The van der Waals surface area contributed by atoms with Crippen LogP contribution in [0, 0.1) is 0 Å². The summed E-state index contributed by atoms with van der Waals surface area (Å²) >= 11 is 12.8. The van der Waals surface area contributed by atoms with Crippen molar-refractivity contribution in [1.29, 1.82) is 0 Å². The van der Waals surface area contributed by atoms with Crippen LogP contribution in [0.15, 0.2) is 30.9 Å². The van der Waals surface area contributed by atoms with Crippen LogP contribution in [0.4, 0.5) is 16.4 Å². The molecule has 0 aliphatic carbocycles. The molecule has 0 radical (unpaired) electrons. The summed E-state index contributed by atoms with van der Waals surface area (Å²) in [7, 11) is 3.02. The topological polar surface area (TPSA) is 113 Å². The van der Waals surface area contributed by atoms with Gasteiger partial charge in [-0.25, -0.2) is 14.8 Å². The van der Waals surface area contributed by atoms with Gasteiger partial charge in [-0.2, -0.15) is 5.10 Å². The Bertz CT molecular complexity index is 1260. The molecule has 1 saturated heterocycles. The second-order valence-corrected chi connectivity index (χ2v) is 10.7. The SMILES string of the molecule is COc1cc(OC)c(Cl)c(COc2cnc(Nc3cnn(C4CCN(C(=O)OC(C)(C)C)CC4)c3)nc2)c1Cl. The zero-order valence-corrected chi connectivity index (χ0v) is 24.0. The Hall–Kier alpha value is -3.44. The number of carbonyl (C=O) groups is 1. The van der Waals surface area contributed by atoms with Crippen LogP contribution in [0.1, 0.15) is 45.2 Å². The molecule has 1 amide bonds. The van der Waals surface area contributed by atoms with Crippen molar-refractivity contribution in [3.05, 3.63) is 46.5 Å². The van der Waals surface area contributed by atoms with Gasteiger partial charge in [-0.3, -0.25) is 4.68 Å². The number of hydrogen-bond donors (Lipinski definition) is 1. The molecule has 0 atom stereocenters. The zero-order valence-electron chi connectivity index (χ0n) is 22.5. The van der Waals surface area contributed by atoms with Crippen molar-refractivity contribution in [3.8, 4) is 17.2 Å². The normalized spacial score (nSPS) is 14.2. The van der Waals surface area contributed by atoms with E-state index < -0.39 is 5.60 Å². The summed E-state index contributed by atoms with van der Waals surface area (Å²) in [6.07, 6.45) is 8.02. The number of halogens is 2. The van der Waals surface area contributed by atoms with E-state index in [2.05, 4.69) is 20.4 Å². The van der Waals surface area contributed by atoms with E-state index in [0.29, 0.717) is 51.9 Å². The third-order valence-electron chi connectivity index (χ3n) is 6.02. The van der Waals surface area contributed by atoms with Gasteiger partial charge in [0, 0.05) is 30.9 Å². The molecule has 0 saturated carbocycles. The Kier molecular flexibility index (Phi) is 8.91. The first-order valence-electron chi connectivity index (χ1n) is 12.4. The summed E-state index contributed by atoms with van der Waals surface area (Å²) in [5, 5.41) is 8.31. The molecular formula is C26H32Cl2N6O5. The van der Waals surface area contributed by atoms with Gasteiger partial charge in [-0.1, -0.05) is 23.2 Å². The molecule has 39 heavy (non-hydrogen) atoms. The molecule has 0 unspecified atom stereocenters. The fourth-order valence-electron chi connectivity index (χ4n) is 4.04. The minimum absolute atomic E-state index is 0.0703. The number of rotatable bonds is 8. The maximum atomic E-state index is 12.3. The van der Waals surface area contributed by atoms with Crippen LogP contribution in [0.3, 0.4) is 0 Å². The van der Waals surface area contributed by atoms with Gasteiger partial charge < -0.3 is 29.2 Å². The number of hydrogen-bond acceptors (Lipinski definition) is 9. The first kappa shape index (κ1) is 28.6. The number of carbonyl (C=O) groups excluding carboxylic acids is 1. The Labute approximate surface area is 237 Å². The van der Waals surface area contributed by atoms with Gasteiger partial charge >= 0.3 is 6.09 Å². The summed E-state index contributed by atoms with van der Waals surface area (Å²) in [6, 6.07) is 1.80. The number of benzene rings is 1.